The van der Waals surface area contributed by atoms with E-state index in [-0.39, 0.29) is 35.8 Å². The number of aromatic nitrogens is 1. The van der Waals surface area contributed by atoms with Crippen LogP contribution in [0.2, 0.25) is 0 Å². The van der Waals surface area contributed by atoms with E-state index in [0.29, 0.717) is 36.3 Å². The molecule has 0 aliphatic carbocycles. The molecule has 0 radical (unpaired) electrons. The van der Waals surface area contributed by atoms with Crippen LogP contribution in [0.5, 0.6) is 5.75 Å². The first-order chi connectivity index (χ1) is 18.8. The first-order valence-corrected chi connectivity index (χ1v) is 14.7. The molecule has 0 unspecified atom stereocenters. The van der Waals surface area contributed by atoms with Crippen LogP contribution in [-0.2, 0) is 20.9 Å². The van der Waals surface area contributed by atoms with E-state index in [1.54, 1.807) is 6.07 Å². The van der Waals surface area contributed by atoms with Gasteiger partial charge in [-0.05, 0) is 56.2 Å². The lowest BCUT2D eigenvalue weighted by molar-refractivity contribution is 0.103. The SMILES string of the molecule is CCCCS(=O)(=O)O/N=C1\CCOc2c(ccc3c2c2cc(C(=O)c4ccccc4C)ccc2n3CC)C1=O. The molecule has 0 N–H and O–H groups in total. The van der Waals surface area contributed by atoms with Crippen LogP contribution < -0.4 is 4.74 Å². The third-order valence-corrected chi connectivity index (χ3v) is 8.14. The van der Waals surface area contributed by atoms with E-state index in [1.165, 1.54) is 0 Å². The van der Waals surface area contributed by atoms with E-state index in [0.717, 1.165) is 27.4 Å². The molecular formula is C30H30N2O6S. The molecular weight excluding hydrogens is 516 g/mol. The summed E-state index contributed by atoms with van der Waals surface area (Å²) in [5.74, 6) is -0.293. The van der Waals surface area contributed by atoms with E-state index >= 15 is 0 Å². The van der Waals surface area contributed by atoms with E-state index in [1.807, 2.05) is 69.3 Å². The Labute approximate surface area is 227 Å². The lowest BCUT2D eigenvalue weighted by Crippen LogP contribution is -2.16. The molecule has 1 aromatic heterocycles. The summed E-state index contributed by atoms with van der Waals surface area (Å²) in [5.41, 5.74) is 4.13. The molecule has 1 aliphatic heterocycles. The van der Waals surface area contributed by atoms with Gasteiger partial charge in [-0.1, -0.05) is 42.8 Å². The zero-order valence-corrected chi connectivity index (χ0v) is 23.0. The summed E-state index contributed by atoms with van der Waals surface area (Å²) in [6, 6.07) is 16.6. The number of hydrogen-bond donors (Lipinski definition) is 0. The fourth-order valence-corrected chi connectivity index (χ4v) is 5.94. The number of oxime groups is 1. The molecule has 3 aromatic carbocycles. The van der Waals surface area contributed by atoms with E-state index in [9.17, 15) is 18.0 Å². The van der Waals surface area contributed by atoms with Crippen LogP contribution in [0, 0.1) is 6.92 Å². The second kappa shape index (κ2) is 10.6. The minimum Gasteiger partial charge on any atom is -0.492 e. The molecule has 202 valence electrons. The molecule has 0 fully saturated rings. The predicted octanol–water partition coefficient (Wildman–Crippen LogP) is 5.82. The molecule has 0 bridgehead atoms. The van der Waals surface area contributed by atoms with Crippen LogP contribution in [0.1, 0.15) is 65.0 Å². The lowest BCUT2D eigenvalue weighted by Gasteiger charge is -2.09. The lowest BCUT2D eigenvalue weighted by atomic mass is 9.97. The zero-order valence-electron chi connectivity index (χ0n) is 22.2. The quantitative estimate of drug-likeness (QED) is 0.204. The maximum absolute atomic E-state index is 13.5. The zero-order chi connectivity index (χ0) is 27.7. The summed E-state index contributed by atoms with van der Waals surface area (Å²) in [6.07, 6.45) is 1.24. The predicted molar refractivity (Wildman–Crippen MR) is 151 cm³/mol. The number of nitrogens with zero attached hydrogens (tertiary/aromatic N) is 2. The van der Waals surface area contributed by atoms with Crippen molar-refractivity contribution in [1.82, 2.24) is 4.57 Å². The number of unbranched alkanes of at least 4 members (excludes halogenated alkanes) is 1. The first kappa shape index (κ1) is 26.6. The fraction of sp³-hybridized carbons (Fsp3) is 0.300. The normalized spacial score (nSPS) is 14.8. The highest BCUT2D eigenvalue weighted by Crippen LogP contribution is 2.40. The van der Waals surface area contributed by atoms with Crippen molar-refractivity contribution in [2.24, 2.45) is 5.16 Å². The monoisotopic (exact) mass is 546 g/mol. The standard InChI is InChI=1S/C30H30N2O6S/c1-4-6-17-39(35,36)38-31-24-15-16-37-30-22(29(24)34)12-14-26-27(30)23-18-20(11-13-25(23)32(26)5-2)28(33)21-10-8-7-9-19(21)3/h7-14,18H,4-6,15-17H2,1-3H3/b31-24+. The van der Waals surface area contributed by atoms with Gasteiger partial charge in [-0.25, -0.2) is 0 Å². The summed E-state index contributed by atoms with van der Waals surface area (Å²) in [6.45, 7) is 6.61. The van der Waals surface area contributed by atoms with E-state index in [4.69, 9.17) is 9.02 Å². The highest BCUT2D eigenvalue weighted by Gasteiger charge is 2.28. The number of ether oxygens (including phenoxy) is 1. The topological polar surface area (TPSA) is 104 Å². The third-order valence-electron chi connectivity index (χ3n) is 7.05. The van der Waals surface area contributed by atoms with Crippen molar-refractivity contribution in [3.05, 3.63) is 76.9 Å². The van der Waals surface area contributed by atoms with Crippen LogP contribution in [0.4, 0.5) is 0 Å². The van der Waals surface area contributed by atoms with Gasteiger partial charge in [0.25, 0.3) is 0 Å². The van der Waals surface area contributed by atoms with E-state index in [2.05, 4.69) is 9.72 Å². The average Bonchev–Trinajstić information content (AvgIpc) is 3.16. The summed E-state index contributed by atoms with van der Waals surface area (Å²) >= 11 is 0. The van der Waals surface area contributed by atoms with Gasteiger partial charge < -0.3 is 9.30 Å². The van der Waals surface area contributed by atoms with Gasteiger partial charge in [0.05, 0.1) is 28.8 Å². The van der Waals surface area contributed by atoms with Gasteiger partial charge in [0.15, 0.2) is 5.78 Å². The van der Waals surface area contributed by atoms with Crippen molar-refractivity contribution in [1.29, 1.82) is 0 Å². The van der Waals surface area contributed by atoms with Crippen molar-refractivity contribution in [3.8, 4) is 5.75 Å². The fourth-order valence-electron chi connectivity index (χ4n) is 5.02. The average molecular weight is 547 g/mol. The molecule has 0 spiro atoms. The van der Waals surface area contributed by atoms with Gasteiger partial charge in [0, 0.05) is 35.0 Å². The number of Topliss-reactive ketones (excluding diaryl/α,β-unsaturated/α-hetero) is 1. The molecule has 1 aliphatic rings. The number of fused-ring (bicyclic) bond motifs is 5. The molecule has 0 saturated heterocycles. The highest BCUT2D eigenvalue weighted by molar-refractivity contribution is 7.86. The number of rotatable bonds is 8. The van der Waals surface area contributed by atoms with Gasteiger partial charge in [0.1, 0.15) is 11.5 Å². The van der Waals surface area contributed by atoms with Crippen LogP contribution >= 0.6 is 0 Å². The molecule has 2 heterocycles. The first-order valence-electron chi connectivity index (χ1n) is 13.1. The second-order valence-electron chi connectivity index (χ2n) is 9.61. The number of ketones is 2. The Morgan fingerprint density at radius 2 is 1.85 bits per heavy atom. The third kappa shape index (κ3) is 4.94. The van der Waals surface area contributed by atoms with Gasteiger partial charge in [-0.15, -0.1) is 0 Å². The van der Waals surface area contributed by atoms with Crippen LogP contribution in [0.25, 0.3) is 21.8 Å². The molecule has 39 heavy (non-hydrogen) atoms. The minimum absolute atomic E-state index is 0.0113. The highest BCUT2D eigenvalue weighted by atomic mass is 32.2. The maximum atomic E-state index is 13.5. The van der Waals surface area contributed by atoms with Gasteiger partial charge in [0.2, 0.25) is 5.78 Å². The van der Waals surface area contributed by atoms with Crippen molar-refractivity contribution < 1.29 is 27.0 Å². The summed E-state index contributed by atoms with van der Waals surface area (Å²) < 4.78 is 37.3. The van der Waals surface area contributed by atoms with E-state index < -0.39 is 15.9 Å². The molecule has 8 nitrogen and oxygen atoms in total. The molecule has 0 atom stereocenters. The number of aryl methyl sites for hydroxylation is 2. The van der Waals surface area contributed by atoms with Crippen molar-refractivity contribution in [2.45, 2.75) is 46.6 Å². The molecule has 5 rings (SSSR count). The number of carbonyl (C=O) groups is 2. The Hall–Kier alpha value is -3.98. The Kier molecular flexibility index (Phi) is 7.27. The molecule has 0 saturated carbocycles. The van der Waals surface area contributed by atoms with Crippen LogP contribution in [0.3, 0.4) is 0 Å². The summed E-state index contributed by atoms with van der Waals surface area (Å²) in [4.78, 5) is 26.9. The van der Waals surface area contributed by atoms with Crippen molar-refractivity contribution in [2.75, 3.05) is 12.4 Å². The molecule has 0 amide bonds. The smallest absolute Gasteiger partial charge is 0.328 e. The number of benzene rings is 3. The molecule has 4 aromatic rings. The largest absolute Gasteiger partial charge is 0.492 e. The Balaban J connectivity index is 1.63. The second-order valence-corrected chi connectivity index (χ2v) is 11.3. The van der Waals surface area contributed by atoms with Gasteiger partial charge in [-0.2, -0.15) is 8.42 Å². The molecule has 9 heteroatoms. The van der Waals surface area contributed by atoms with Gasteiger partial charge in [-0.3, -0.25) is 13.9 Å². The van der Waals surface area contributed by atoms with Crippen LogP contribution in [-0.4, -0.2) is 42.6 Å². The Morgan fingerprint density at radius 1 is 1.08 bits per heavy atom. The summed E-state index contributed by atoms with van der Waals surface area (Å²) in [7, 11) is -3.87. The van der Waals surface area contributed by atoms with Crippen molar-refractivity contribution >= 4 is 49.2 Å². The summed E-state index contributed by atoms with van der Waals surface area (Å²) in [5, 5.41) is 5.27. The van der Waals surface area contributed by atoms with Crippen LogP contribution in [0.15, 0.2) is 59.8 Å². The van der Waals surface area contributed by atoms with Crippen molar-refractivity contribution in [3.63, 3.8) is 0 Å². The Morgan fingerprint density at radius 3 is 2.59 bits per heavy atom. The van der Waals surface area contributed by atoms with Gasteiger partial charge >= 0.3 is 10.1 Å². The minimum atomic E-state index is -3.87. The number of carbonyl (C=O) groups excluding carboxylic acids is 2. The number of hydrogen-bond acceptors (Lipinski definition) is 7. The Bertz CT molecular complexity index is 1750. The maximum Gasteiger partial charge on any atom is 0.328 e.